The minimum atomic E-state index is 0.205. The number of hydrogen-bond acceptors (Lipinski definition) is 4. The molecule has 0 saturated heterocycles. The summed E-state index contributed by atoms with van der Waals surface area (Å²) in [4.78, 5) is 0. The number of unbranched alkanes of at least 4 members (excludes halogenated alkanes) is 1. The fraction of sp³-hybridized carbons (Fsp3) is 0.250. The quantitative estimate of drug-likeness (QED) is 0.252. The van der Waals surface area contributed by atoms with Gasteiger partial charge in [-0.3, -0.25) is 0 Å². The van der Waals surface area contributed by atoms with Crippen molar-refractivity contribution >= 4 is 0 Å². The van der Waals surface area contributed by atoms with Crippen molar-refractivity contribution in [3.63, 3.8) is 0 Å². The second-order valence-electron chi connectivity index (χ2n) is 9.59. The predicted molar refractivity (Wildman–Crippen MR) is 142 cm³/mol. The molecule has 0 unspecified atom stereocenters. The lowest BCUT2D eigenvalue weighted by Gasteiger charge is -2.19. The second kappa shape index (κ2) is 10.4. The van der Waals surface area contributed by atoms with Crippen molar-refractivity contribution < 1.29 is 20.1 Å². The summed E-state index contributed by atoms with van der Waals surface area (Å²) in [7, 11) is 0. The third-order valence-electron chi connectivity index (χ3n) is 7.06. The third-order valence-corrected chi connectivity index (χ3v) is 7.06. The molecule has 3 N–H and O–H groups in total. The van der Waals surface area contributed by atoms with Crippen LogP contribution in [-0.2, 0) is 25.7 Å². The maximum Gasteiger partial charge on any atom is 0.126 e. The molecule has 0 spiro atoms. The van der Waals surface area contributed by atoms with Crippen LogP contribution in [-0.4, -0.2) is 21.9 Å². The summed E-state index contributed by atoms with van der Waals surface area (Å²) in [5, 5.41) is 33.5. The summed E-state index contributed by atoms with van der Waals surface area (Å²) in [5.41, 5.74) is 6.66. The lowest BCUT2D eigenvalue weighted by molar-refractivity contribution is 0.304. The summed E-state index contributed by atoms with van der Waals surface area (Å²) in [6.45, 7) is 2.76. The fourth-order valence-corrected chi connectivity index (χ4v) is 5.03. The van der Waals surface area contributed by atoms with Crippen LogP contribution < -0.4 is 4.74 Å². The fourth-order valence-electron chi connectivity index (χ4n) is 5.03. The second-order valence-corrected chi connectivity index (χ2v) is 9.59. The zero-order chi connectivity index (χ0) is 25.1. The summed E-state index contributed by atoms with van der Waals surface area (Å²) in [6.07, 6.45) is 3.85. The Hall–Kier alpha value is -3.92. The number of phenols is 3. The van der Waals surface area contributed by atoms with Gasteiger partial charge in [-0.2, -0.15) is 0 Å². The Morgan fingerprint density at radius 2 is 0.833 bits per heavy atom. The van der Waals surface area contributed by atoms with Crippen molar-refractivity contribution in [1.29, 1.82) is 0 Å². The maximum absolute atomic E-state index is 11.2. The first-order valence-corrected chi connectivity index (χ1v) is 12.7. The normalized spacial score (nSPS) is 12.8. The van der Waals surface area contributed by atoms with E-state index in [1.807, 2.05) is 72.8 Å². The molecule has 4 heteroatoms. The molecule has 8 bridgehead atoms. The third kappa shape index (κ3) is 4.76. The van der Waals surface area contributed by atoms with Crippen molar-refractivity contribution in [2.75, 3.05) is 6.61 Å². The number of fused-ring (bicyclic) bond motifs is 8. The molecule has 1 aliphatic carbocycles. The number of phenolic OH excluding ortho intramolecular Hbond substituents is 3. The van der Waals surface area contributed by atoms with Crippen LogP contribution in [0.1, 0.15) is 64.3 Å². The molecular formula is C32H32O4. The van der Waals surface area contributed by atoms with Gasteiger partial charge in [0, 0.05) is 25.7 Å². The van der Waals surface area contributed by atoms with Crippen molar-refractivity contribution in [2.45, 2.75) is 45.4 Å². The Morgan fingerprint density at radius 3 is 1.17 bits per heavy atom. The Morgan fingerprint density at radius 1 is 0.528 bits per heavy atom. The van der Waals surface area contributed by atoms with Gasteiger partial charge in [-0.15, -0.1) is 0 Å². The first-order chi connectivity index (χ1) is 17.5. The van der Waals surface area contributed by atoms with Gasteiger partial charge < -0.3 is 20.1 Å². The summed E-state index contributed by atoms with van der Waals surface area (Å²) in [6, 6.07) is 23.4. The van der Waals surface area contributed by atoms with Gasteiger partial charge in [0.15, 0.2) is 0 Å². The largest absolute Gasteiger partial charge is 0.507 e. The van der Waals surface area contributed by atoms with Crippen molar-refractivity contribution in [3.05, 3.63) is 117 Å². The van der Waals surface area contributed by atoms with Gasteiger partial charge in [-0.25, -0.2) is 0 Å². The topological polar surface area (TPSA) is 69.9 Å². The van der Waals surface area contributed by atoms with Crippen molar-refractivity contribution in [1.82, 2.24) is 0 Å². The Labute approximate surface area is 212 Å². The molecule has 0 fully saturated rings. The average Bonchev–Trinajstić information content (AvgIpc) is 2.87. The zero-order valence-electron chi connectivity index (χ0n) is 20.6. The van der Waals surface area contributed by atoms with E-state index in [1.165, 1.54) is 0 Å². The standard InChI is InChI=1S/C32H32O4/c1-2-3-16-36-32-27-14-7-15-28(32)20-26-13-6-11-24(31(26)35)18-22-9-4-8-21(29(22)33)17-23-10-5-12-25(19-27)30(23)34/h4-15,33-35H,2-3,16-20H2,1H3. The van der Waals surface area contributed by atoms with Gasteiger partial charge in [-0.05, 0) is 50.9 Å². The molecule has 4 nitrogen and oxygen atoms in total. The average molecular weight is 481 g/mol. The van der Waals surface area contributed by atoms with E-state index >= 15 is 0 Å². The van der Waals surface area contributed by atoms with Crippen LogP contribution in [0.4, 0.5) is 0 Å². The number of aromatic hydroxyl groups is 3. The molecule has 184 valence electrons. The van der Waals surface area contributed by atoms with E-state index < -0.39 is 0 Å². The highest BCUT2D eigenvalue weighted by molar-refractivity contribution is 5.54. The Balaban J connectivity index is 1.68. The number of para-hydroxylation sites is 4. The SMILES string of the molecule is CCCCOc1c2cccc1Cc1cccc(c1O)Cc1cccc(c1O)Cc1cccc(c1O)C2. The van der Waals surface area contributed by atoms with Crippen LogP contribution in [0.5, 0.6) is 23.0 Å². The summed E-state index contributed by atoms with van der Waals surface area (Å²) in [5.74, 6) is 1.54. The minimum Gasteiger partial charge on any atom is -0.507 e. The summed E-state index contributed by atoms with van der Waals surface area (Å²) >= 11 is 0. The molecule has 0 heterocycles. The molecule has 4 aromatic carbocycles. The van der Waals surface area contributed by atoms with Gasteiger partial charge in [0.2, 0.25) is 0 Å². The maximum atomic E-state index is 11.2. The highest BCUT2D eigenvalue weighted by Gasteiger charge is 2.19. The van der Waals surface area contributed by atoms with Crippen LogP contribution in [0.15, 0.2) is 72.8 Å². The molecular weight excluding hydrogens is 448 g/mol. The van der Waals surface area contributed by atoms with Crippen LogP contribution >= 0.6 is 0 Å². The van der Waals surface area contributed by atoms with E-state index in [9.17, 15) is 15.3 Å². The number of benzene rings is 4. The smallest absolute Gasteiger partial charge is 0.126 e. The van der Waals surface area contributed by atoms with Gasteiger partial charge in [0.05, 0.1) is 6.61 Å². The molecule has 0 amide bonds. The van der Waals surface area contributed by atoms with Gasteiger partial charge in [0.1, 0.15) is 23.0 Å². The lowest BCUT2D eigenvalue weighted by atomic mass is 9.91. The number of ether oxygens (including phenoxy) is 1. The molecule has 4 aromatic rings. The molecule has 1 aliphatic rings. The van der Waals surface area contributed by atoms with Crippen LogP contribution in [0, 0.1) is 0 Å². The molecule has 0 aliphatic heterocycles. The molecule has 0 atom stereocenters. The first kappa shape index (κ1) is 23.8. The van der Waals surface area contributed by atoms with E-state index in [-0.39, 0.29) is 17.2 Å². The highest BCUT2D eigenvalue weighted by atomic mass is 16.5. The number of hydrogen-bond donors (Lipinski definition) is 3. The van der Waals surface area contributed by atoms with Crippen LogP contribution in [0.3, 0.4) is 0 Å². The van der Waals surface area contributed by atoms with Crippen molar-refractivity contribution in [2.24, 2.45) is 0 Å². The van der Waals surface area contributed by atoms with Gasteiger partial charge >= 0.3 is 0 Å². The van der Waals surface area contributed by atoms with E-state index in [1.54, 1.807) is 0 Å². The Bertz CT molecular complexity index is 1300. The molecule has 0 radical (unpaired) electrons. The summed E-state index contributed by atoms with van der Waals surface area (Å²) < 4.78 is 6.33. The molecule has 5 rings (SSSR count). The zero-order valence-corrected chi connectivity index (χ0v) is 20.6. The monoisotopic (exact) mass is 480 g/mol. The van der Waals surface area contributed by atoms with E-state index in [4.69, 9.17) is 4.74 Å². The van der Waals surface area contributed by atoms with Gasteiger partial charge in [0.25, 0.3) is 0 Å². The Kier molecular flexibility index (Phi) is 6.86. The molecule has 0 saturated carbocycles. The predicted octanol–water partition coefficient (Wildman–Crippen LogP) is 6.66. The number of rotatable bonds is 4. The lowest BCUT2D eigenvalue weighted by Crippen LogP contribution is -2.06. The van der Waals surface area contributed by atoms with Crippen molar-refractivity contribution in [3.8, 4) is 23.0 Å². The van der Waals surface area contributed by atoms with E-state index in [0.29, 0.717) is 32.3 Å². The van der Waals surface area contributed by atoms with E-state index in [2.05, 4.69) is 6.92 Å². The minimum absolute atomic E-state index is 0.205. The molecule has 0 aromatic heterocycles. The molecule has 36 heavy (non-hydrogen) atoms. The first-order valence-electron chi connectivity index (χ1n) is 12.7. The van der Waals surface area contributed by atoms with Crippen LogP contribution in [0.25, 0.3) is 0 Å². The van der Waals surface area contributed by atoms with Crippen LogP contribution in [0.2, 0.25) is 0 Å². The van der Waals surface area contributed by atoms with Gasteiger partial charge in [-0.1, -0.05) is 86.1 Å². The highest BCUT2D eigenvalue weighted by Crippen LogP contribution is 2.37. The van der Waals surface area contributed by atoms with E-state index in [0.717, 1.165) is 63.1 Å².